The third-order valence-electron chi connectivity index (χ3n) is 3.42. The van der Waals surface area contributed by atoms with Crippen molar-refractivity contribution < 1.29 is 9.53 Å². The number of hydrogen-bond acceptors (Lipinski definition) is 3. The molecule has 0 amide bonds. The molecule has 4 nitrogen and oxygen atoms in total. The van der Waals surface area contributed by atoms with Crippen LogP contribution in [-0.4, -0.2) is 29.3 Å². The summed E-state index contributed by atoms with van der Waals surface area (Å²) in [5.41, 5.74) is 0. The van der Waals surface area contributed by atoms with Gasteiger partial charge in [0.25, 0.3) is 0 Å². The number of carbonyl (C=O) groups is 1. The van der Waals surface area contributed by atoms with E-state index in [0.717, 1.165) is 0 Å². The number of cyclic esters (lactones) is 1. The molecular weight excluding hydrogens is 236 g/mol. The molecule has 0 bridgehead atoms. The second kappa shape index (κ2) is 5.67. The van der Waals surface area contributed by atoms with Gasteiger partial charge in [-0.3, -0.25) is 0 Å². The molecule has 1 aliphatic carbocycles. The highest BCUT2D eigenvalue weighted by molar-refractivity contribution is 7.80. The van der Waals surface area contributed by atoms with E-state index in [1.807, 2.05) is 6.92 Å². The summed E-state index contributed by atoms with van der Waals surface area (Å²) in [6.07, 6.45) is 6.90. The number of rotatable bonds is 2. The molecule has 0 spiro atoms. The van der Waals surface area contributed by atoms with E-state index in [0.29, 0.717) is 17.6 Å². The second-order valence-electron chi connectivity index (χ2n) is 4.99. The Bertz CT molecular complexity index is 303. The number of carbonyl (C=O) groups excluding carboxylic acids is 1. The number of esters is 1. The van der Waals surface area contributed by atoms with Crippen LogP contribution in [0.25, 0.3) is 0 Å². The van der Waals surface area contributed by atoms with Crippen LogP contribution in [0.1, 0.15) is 45.4 Å². The van der Waals surface area contributed by atoms with Crippen molar-refractivity contribution in [3.63, 3.8) is 0 Å². The van der Waals surface area contributed by atoms with Crippen molar-refractivity contribution in [2.24, 2.45) is 0 Å². The lowest BCUT2D eigenvalue weighted by Crippen LogP contribution is -2.48. The Hall–Kier alpha value is -0.840. The van der Waals surface area contributed by atoms with Crippen LogP contribution < -0.4 is 10.6 Å². The molecular formula is C12H20N2O2S. The van der Waals surface area contributed by atoms with Crippen LogP contribution in [0.2, 0.25) is 0 Å². The van der Waals surface area contributed by atoms with Crippen LogP contribution in [0.5, 0.6) is 0 Å². The summed E-state index contributed by atoms with van der Waals surface area (Å²) in [7, 11) is 0. The van der Waals surface area contributed by atoms with Gasteiger partial charge >= 0.3 is 5.97 Å². The van der Waals surface area contributed by atoms with Crippen molar-refractivity contribution in [3.8, 4) is 0 Å². The van der Waals surface area contributed by atoms with Crippen molar-refractivity contribution in [1.29, 1.82) is 0 Å². The van der Waals surface area contributed by atoms with Gasteiger partial charge in [-0.25, -0.2) is 4.79 Å². The summed E-state index contributed by atoms with van der Waals surface area (Å²) in [4.78, 5) is 11.4. The van der Waals surface area contributed by atoms with Gasteiger partial charge < -0.3 is 15.4 Å². The van der Waals surface area contributed by atoms with Crippen molar-refractivity contribution in [2.45, 2.75) is 63.6 Å². The molecule has 96 valence electrons. The number of thiocarbonyl (C=S) groups is 1. The molecule has 2 fully saturated rings. The van der Waals surface area contributed by atoms with E-state index in [9.17, 15) is 4.79 Å². The van der Waals surface area contributed by atoms with Gasteiger partial charge in [-0.05, 0) is 32.0 Å². The van der Waals surface area contributed by atoms with E-state index >= 15 is 0 Å². The van der Waals surface area contributed by atoms with E-state index in [1.165, 1.54) is 32.1 Å². The fourth-order valence-corrected chi connectivity index (χ4v) is 2.82. The van der Waals surface area contributed by atoms with Gasteiger partial charge in [0.2, 0.25) is 0 Å². The second-order valence-corrected chi connectivity index (χ2v) is 5.40. The first-order valence-corrected chi connectivity index (χ1v) is 6.83. The van der Waals surface area contributed by atoms with Crippen LogP contribution in [0.3, 0.4) is 0 Å². The fourth-order valence-electron chi connectivity index (χ4n) is 2.51. The maximum atomic E-state index is 11.4. The quantitative estimate of drug-likeness (QED) is 0.579. The summed E-state index contributed by atoms with van der Waals surface area (Å²) >= 11 is 5.23. The largest absolute Gasteiger partial charge is 0.461 e. The molecule has 2 N–H and O–H groups in total. The van der Waals surface area contributed by atoms with Crippen LogP contribution >= 0.6 is 12.2 Å². The SMILES string of the molecule is C[C@@H]1C[C@H](NC(=S)NC2CCCCC2)C(=O)O1. The molecule has 0 aromatic carbocycles. The molecule has 5 heteroatoms. The average molecular weight is 256 g/mol. The Morgan fingerprint density at radius 3 is 2.59 bits per heavy atom. The molecule has 0 unspecified atom stereocenters. The Balaban J connectivity index is 1.75. The maximum absolute atomic E-state index is 11.4. The maximum Gasteiger partial charge on any atom is 0.329 e. The molecule has 2 aliphatic rings. The van der Waals surface area contributed by atoms with Gasteiger partial charge in [-0.15, -0.1) is 0 Å². The van der Waals surface area contributed by atoms with E-state index in [-0.39, 0.29) is 18.1 Å². The highest BCUT2D eigenvalue weighted by Gasteiger charge is 2.32. The van der Waals surface area contributed by atoms with Crippen molar-refractivity contribution in [1.82, 2.24) is 10.6 Å². The Kier molecular flexibility index (Phi) is 4.20. The van der Waals surface area contributed by atoms with E-state index in [4.69, 9.17) is 17.0 Å². The van der Waals surface area contributed by atoms with Gasteiger partial charge in [0.05, 0.1) is 0 Å². The van der Waals surface area contributed by atoms with Crippen LogP contribution in [0.15, 0.2) is 0 Å². The predicted molar refractivity (Wildman–Crippen MR) is 69.7 cm³/mol. The molecule has 0 radical (unpaired) electrons. The third-order valence-corrected chi connectivity index (χ3v) is 3.65. The number of nitrogens with one attached hydrogen (secondary N) is 2. The summed E-state index contributed by atoms with van der Waals surface area (Å²) in [6, 6.07) is 0.201. The Labute approximate surface area is 107 Å². The monoisotopic (exact) mass is 256 g/mol. The zero-order chi connectivity index (χ0) is 12.3. The number of hydrogen-bond donors (Lipinski definition) is 2. The molecule has 2 rings (SSSR count). The average Bonchev–Trinajstić information content (AvgIpc) is 2.58. The molecule has 1 saturated heterocycles. The number of ether oxygens (including phenoxy) is 1. The van der Waals surface area contributed by atoms with Crippen LogP contribution in [-0.2, 0) is 9.53 Å². The molecule has 17 heavy (non-hydrogen) atoms. The van der Waals surface area contributed by atoms with Gasteiger partial charge in [0, 0.05) is 12.5 Å². The first-order valence-electron chi connectivity index (χ1n) is 6.42. The van der Waals surface area contributed by atoms with Crippen molar-refractivity contribution in [2.75, 3.05) is 0 Å². The summed E-state index contributed by atoms with van der Waals surface area (Å²) in [5.74, 6) is -0.190. The van der Waals surface area contributed by atoms with Crippen molar-refractivity contribution >= 4 is 23.3 Å². The normalized spacial score (nSPS) is 29.8. The van der Waals surface area contributed by atoms with Crippen molar-refractivity contribution in [3.05, 3.63) is 0 Å². The topological polar surface area (TPSA) is 50.4 Å². The highest BCUT2D eigenvalue weighted by Crippen LogP contribution is 2.18. The Morgan fingerprint density at radius 2 is 2.00 bits per heavy atom. The van der Waals surface area contributed by atoms with Crippen LogP contribution in [0.4, 0.5) is 0 Å². The molecule has 0 aromatic heterocycles. The van der Waals surface area contributed by atoms with Gasteiger partial charge in [-0.2, -0.15) is 0 Å². The zero-order valence-electron chi connectivity index (χ0n) is 10.2. The minimum absolute atomic E-state index is 0.00233. The summed E-state index contributed by atoms with van der Waals surface area (Å²) in [6.45, 7) is 1.90. The lowest BCUT2D eigenvalue weighted by Gasteiger charge is -2.25. The molecule has 2 atom stereocenters. The lowest BCUT2D eigenvalue weighted by molar-refractivity contribution is -0.142. The van der Waals surface area contributed by atoms with E-state index in [1.54, 1.807) is 0 Å². The first-order chi connectivity index (χ1) is 8.15. The van der Waals surface area contributed by atoms with Crippen LogP contribution in [0, 0.1) is 0 Å². The molecule has 1 saturated carbocycles. The fraction of sp³-hybridized carbons (Fsp3) is 0.833. The third kappa shape index (κ3) is 3.56. The first kappa shape index (κ1) is 12.6. The Morgan fingerprint density at radius 1 is 1.29 bits per heavy atom. The predicted octanol–water partition coefficient (Wildman–Crippen LogP) is 1.49. The van der Waals surface area contributed by atoms with E-state index in [2.05, 4.69) is 10.6 Å². The van der Waals surface area contributed by atoms with Gasteiger partial charge in [-0.1, -0.05) is 19.3 Å². The standard InChI is InChI=1S/C12H20N2O2S/c1-8-7-10(11(15)16-8)14-12(17)13-9-5-3-2-4-6-9/h8-10H,2-7H2,1H3,(H2,13,14,17)/t8-,10+/m1/s1. The smallest absolute Gasteiger partial charge is 0.329 e. The molecule has 1 aliphatic heterocycles. The summed E-state index contributed by atoms with van der Waals surface area (Å²) < 4.78 is 5.08. The molecule has 1 heterocycles. The van der Waals surface area contributed by atoms with Gasteiger partial charge in [0.1, 0.15) is 12.1 Å². The molecule has 0 aromatic rings. The minimum atomic E-state index is -0.270. The highest BCUT2D eigenvalue weighted by atomic mass is 32.1. The van der Waals surface area contributed by atoms with E-state index < -0.39 is 0 Å². The van der Waals surface area contributed by atoms with Gasteiger partial charge in [0.15, 0.2) is 5.11 Å². The zero-order valence-corrected chi connectivity index (χ0v) is 11.0. The lowest BCUT2D eigenvalue weighted by atomic mass is 9.96. The summed E-state index contributed by atoms with van der Waals surface area (Å²) in [5, 5.41) is 6.94. The minimum Gasteiger partial charge on any atom is -0.461 e.